The lowest BCUT2D eigenvalue weighted by atomic mass is 10.1. The molecule has 0 radical (unpaired) electrons. The van der Waals surface area contributed by atoms with E-state index in [4.69, 9.17) is 0 Å². The van der Waals surface area contributed by atoms with Gasteiger partial charge in [0.15, 0.2) is 5.82 Å². The molecule has 0 atom stereocenters. The first kappa shape index (κ1) is 19.7. The standard InChI is InChI=1S/C21H19N5O3S/c27-21-12-11-20(25-15-4-13-22-25)24-26(21)16-14-23-30(28,29)19-9-7-18(8-10-19)17-5-2-1-3-6-17/h1-13,15,23H,14,16H2. The molecule has 0 saturated carbocycles. The van der Waals surface area contributed by atoms with Gasteiger partial charge in [-0.25, -0.2) is 22.5 Å². The minimum absolute atomic E-state index is 0.0260. The van der Waals surface area contributed by atoms with E-state index in [9.17, 15) is 13.2 Å². The topological polar surface area (TPSA) is 98.9 Å². The summed E-state index contributed by atoms with van der Waals surface area (Å²) < 4.78 is 30.4. The number of nitrogens with zero attached hydrogens (tertiary/aromatic N) is 4. The Bertz CT molecular complexity index is 1280. The first-order chi connectivity index (χ1) is 14.5. The molecule has 0 bridgehead atoms. The molecule has 152 valence electrons. The number of aromatic nitrogens is 4. The molecule has 0 aliphatic heterocycles. The molecule has 0 amide bonds. The zero-order valence-corrected chi connectivity index (χ0v) is 16.7. The summed E-state index contributed by atoms with van der Waals surface area (Å²) in [5, 5.41) is 8.29. The van der Waals surface area contributed by atoms with Crippen molar-refractivity contribution in [1.29, 1.82) is 0 Å². The largest absolute Gasteiger partial charge is 0.268 e. The van der Waals surface area contributed by atoms with Gasteiger partial charge in [-0.3, -0.25) is 4.79 Å². The molecule has 0 aliphatic rings. The van der Waals surface area contributed by atoms with Gasteiger partial charge in [0, 0.05) is 25.0 Å². The summed E-state index contributed by atoms with van der Waals surface area (Å²) in [4.78, 5) is 12.2. The van der Waals surface area contributed by atoms with E-state index in [2.05, 4.69) is 14.9 Å². The highest BCUT2D eigenvalue weighted by Crippen LogP contribution is 2.20. The predicted octanol–water partition coefficient (Wildman–Crippen LogP) is 2.07. The molecule has 4 aromatic rings. The molecule has 0 aliphatic carbocycles. The first-order valence-corrected chi connectivity index (χ1v) is 10.7. The Morgan fingerprint density at radius 1 is 0.867 bits per heavy atom. The quantitative estimate of drug-likeness (QED) is 0.493. The molecule has 0 spiro atoms. The van der Waals surface area contributed by atoms with Gasteiger partial charge in [0.05, 0.1) is 11.4 Å². The lowest BCUT2D eigenvalue weighted by molar-refractivity contribution is 0.542. The fraction of sp³-hybridized carbons (Fsp3) is 0.0952. The van der Waals surface area contributed by atoms with Gasteiger partial charge in [0.2, 0.25) is 10.0 Å². The van der Waals surface area contributed by atoms with Gasteiger partial charge < -0.3 is 0 Å². The zero-order valence-electron chi connectivity index (χ0n) is 15.9. The van der Waals surface area contributed by atoms with Crippen LogP contribution in [0.2, 0.25) is 0 Å². The van der Waals surface area contributed by atoms with Gasteiger partial charge in [-0.1, -0.05) is 42.5 Å². The Hall–Kier alpha value is -3.56. The third kappa shape index (κ3) is 4.37. The van der Waals surface area contributed by atoms with Crippen molar-refractivity contribution < 1.29 is 8.42 Å². The van der Waals surface area contributed by atoms with Crippen LogP contribution in [-0.4, -0.2) is 34.5 Å². The average Bonchev–Trinajstić information content (AvgIpc) is 3.31. The van der Waals surface area contributed by atoms with Crippen LogP contribution in [0, 0.1) is 0 Å². The lowest BCUT2D eigenvalue weighted by Crippen LogP contribution is -2.32. The Morgan fingerprint density at radius 3 is 2.30 bits per heavy atom. The highest BCUT2D eigenvalue weighted by Gasteiger charge is 2.14. The number of nitrogens with one attached hydrogen (secondary N) is 1. The lowest BCUT2D eigenvalue weighted by Gasteiger charge is -2.10. The van der Waals surface area contributed by atoms with E-state index in [1.807, 2.05) is 30.3 Å². The van der Waals surface area contributed by atoms with E-state index in [-0.39, 0.29) is 23.5 Å². The summed E-state index contributed by atoms with van der Waals surface area (Å²) in [6, 6.07) is 21.1. The van der Waals surface area contributed by atoms with Crippen molar-refractivity contribution in [2.45, 2.75) is 11.4 Å². The van der Waals surface area contributed by atoms with Gasteiger partial charge in [0.25, 0.3) is 5.56 Å². The van der Waals surface area contributed by atoms with Crippen LogP contribution >= 0.6 is 0 Å². The number of rotatable bonds is 7. The van der Waals surface area contributed by atoms with E-state index in [1.54, 1.807) is 48.8 Å². The molecule has 0 saturated heterocycles. The molecule has 2 aromatic heterocycles. The Morgan fingerprint density at radius 2 is 1.60 bits per heavy atom. The summed E-state index contributed by atoms with van der Waals surface area (Å²) >= 11 is 0. The van der Waals surface area contributed by atoms with Gasteiger partial charge >= 0.3 is 0 Å². The summed E-state index contributed by atoms with van der Waals surface area (Å²) in [6.45, 7) is 0.119. The van der Waals surface area contributed by atoms with Gasteiger partial charge in [0.1, 0.15) is 0 Å². The molecule has 1 N–H and O–H groups in total. The molecule has 2 aromatic carbocycles. The molecule has 0 unspecified atom stereocenters. The van der Waals surface area contributed by atoms with Crippen LogP contribution in [0.1, 0.15) is 0 Å². The van der Waals surface area contributed by atoms with Crippen LogP contribution < -0.4 is 10.3 Å². The Balaban J connectivity index is 1.44. The second-order valence-electron chi connectivity index (χ2n) is 6.49. The van der Waals surface area contributed by atoms with E-state index >= 15 is 0 Å². The van der Waals surface area contributed by atoms with E-state index in [1.165, 1.54) is 15.4 Å². The minimum Gasteiger partial charge on any atom is -0.268 e. The van der Waals surface area contributed by atoms with Crippen LogP contribution in [0.4, 0.5) is 0 Å². The second kappa shape index (κ2) is 8.44. The maximum Gasteiger partial charge on any atom is 0.266 e. The summed E-state index contributed by atoms with van der Waals surface area (Å²) in [5.41, 5.74) is 1.62. The van der Waals surface area contributed by atoms with Gasteiger partial charge in [-0.2, -0.15) is 5.10 Å². The van der Waals surface area contributed by atoms with Crippen LogP contribution in [0.15, 0.2) is 94.9 Å². The van der Waals surface area contributed by atoms with Crippen molar-refractivity contribution in [1.82, 2.24) is 24.3 Å². The zero-order chi connectivity index (χ0) is 21.0. The molecule has 8 nitrogen and oxygen atoms in total. The normalized spacial score (nSPS) is 11.5. The van der Waals surface area contributed by atoms with Crippen molar-refractivity contribution in [3.8, 4) is 16.9 Å². The number of benzene rings is 2. The fourth-order valence-electron chi connectivity index (χ4n) is 2.95. The molecule has 9 heteroatoms. The van der Waals surface area contributed by atoms with Crippen molar-refractivity contribution in [3.63, 3.8) is 0 Å². The number of sulfonamides is 1. The molecule has 30 heavy (non-hydrogen) atoms. The Kier molecular flexibility index (Phi) is 5.55. The maximum atomic E-state index is 12.6. The van der Waals surface area contributed by atoms with E-state index < -0.39 is 10.0 Å². The van der Waals surface area contributed by atoms with Crippen LogP contribution in [0.25, 0.3) is 16.9 Å². The summed E-state index contributed by atoms with van der Waals surface area (Å²) in [6.07, 6.45) is 3.31. The molecule has 2 heterocycles. The Labute approximate surface area is 173 Å². The second-order valence-corrected chi connectivity index (χ2v) is 8.26. The van der Waals surface area contributed by atoms with Crippen LogP contribution in [-0.2, 0) is 16.6 Å². The number of hydrogen-bond donors (Lipinski definition) is 1. The van der Waals surface area contributed by atoms with Crippen molar-refractivity contribution in [2.75, 3.05) is 6.54 Å². The van der Waals surface area contributed by atoms with E-state index in [0.717, 1.165) is 11.1 Å². The highest BCUT2D eigenvalue weighted by molar-refractivity contribution is 7.89. The maximum absolute atomic E-state index is 12.6. The molecular weight excluding hydrogens is 402 g/mol. The molecule has 4 rings (SSSR count). The smallest absolute Gasteiger partial charge is 0.266 e. The monoisotopic (exact) mass is 421 g/mol. The van der Waals surface area contributed by atoms with Crippen molar-refractivity contribution in [2.24, 2.45) is 0 Å². The predicted molar refractivity (Wildman–Crippen MR) is 113 cm³/mol. The van der Waals surface area contributed by atoms with Crippen LogP contribution in [0.3, 0.4) is 0 Å². The summed E-state index contributed by atoms with van der Waals surface area (Å²) in [7, 11) is -3.71. The molecule has 0 fully saturated rings. The minimum atomic E-state index is -3.71. The third-order valence-corrected chi connectivity index (χ3v) is 5.96. The SMILES string of the molecule is O=c1ccc(-n2cccn2)nn1CCNS(=O)(=O)c1ccc(-c2ccccc2)cc1. The van der Waals surface area contributed by atoms with Crippen molar-refractivity contribution in [3.05, 3.63) is 95.5 Å². The van der Waals surface area contributed by atoms with Gasteiger partial charge in [-0.05, 0) is 35.4 Å². The van der Waals surface area contributed by atoms with Crippen molar-refractivity contribution >= 4 is 10.0 Å². The fourth-order valence-corrected chi connectivity index (χ4v) is 3.97. The van der Waals surface area contributed by atoms with Crippen LogP contribution in [0.5, 0.6) is 0 Å². The average molecular weight is 421 g/mol. The first-order valence-electron chi connectivity index (χ1n) is 9.26. The van der Waals surface area contributed by atoms with Gasteiger partial charge in [-0.15, -0.1) is 5.10 Å². The third-order valence-electron chi connectivity index (χ3n) is 4.48. The summed E-state index contributed by atoms with van der Waals surface area (Å²) in [5.74, 6) is 0.471. The highest BCUT2D eigenvalue weighted by atomic mass is 32.2. The number of hydrogen-bond acceptors (Lipinski definition) is 5. The van der Waals surface area contributed by atoms with E-state index in [0.29, 0.717) is 5.82 Å². The molecular formula is C21H19N5O3S.